The van der Waals surface area contributed by atoms with E-state index in [0.717, 1.165) is 37.7 Å². The first kappa shape index (κ1) is 11.6. The molecule has 1 saturated heterocycles. The van der Waals surface area contributed by atoms with Gasteiger partial charge in [0, 0.05) is 18.1 Å². The van der Waals surface area contributed by atoms with Crippen molar-refractivity contribution in [1.29, 1.82) is 0 Å². The largest absolute Gasteiger partial charge is 0.378 e. The molecule has 0 bridgehead atoms. The van der Waals surface area contributed by atoms with Gasteiger partial charge in [0.05, 0.1) is 29.7 Å². The number of nitrogens with zero attached hydrogens (tertiary/aromatic N) is 2. The number of rotatable bonds is 2. The highest BCUT2D eigenvalue weighted by Crippen LogP contribution is 2.31. The van der Waals surface area contributed by atoms with Gasteiger partial charge in [0.2, 0.25) is 0 Å². The summed E-state index contributed by atoms with van der Waals surface area (Å²) >= 11 is 10.6. The normalized spacial score (nSPS) is 15.7. The van der Waals surface area contributed by atoms with Crippen molar-refractivity contribution in [2.24, 2.45) is 4.99 Å². The summed E-state index contributed by atoms with van der Waals surface area (Å²) < 4.78 is 5.31. The minimum Gasteiger partial charge on any atom is -0.378 e. The third-order valence-electron chi connectivity index (χ3n) is 2.46. The number of morpholine rings is 1. The first-order chi connectivity index (χ1) is 7.81. The molecule has 1 aliphatic heterocycles. The second-order valence-electron chi connectivity index (χ2n) is 3.44. The fourth-order valence-electron chi connectivity index (χ4n) is 1.71. The number of aliphatic imine (C=N–C) groups is 1. The summed E-state index contributed by atoms with van der Waals surface area (Å²) in [5, 5.41) is 3.04. The standard InChI is InChI=1S/C11H11ClN2OS/c12-9-1-2-11(10(7-9)13-8-16)14-3-5-15-6-4-14/h1-2,7H,3-6H2. The van der Waals surface area contributed by atoms with Crippen LogP contribution in [0.4, 0.5) is 11.4 Å². The Hall–Kier alpha value is -0.930. The van der Waals surface area contributed by atoms with E-state index < -0.39 is 0 Å². The van der Waals surface area contributed by atoms with Crippen LogP contribution < -0.4 is 4.90 Å². The topological polar surface area (TPSA) is 24.8 Å². The molecule has 16 heavy (non-hydrogen) atoms. The second kappa shape index (κ2) is 5.41. The van der Waals surface area contributed by atoms with Gasteiger partial charge in [0.1, 0.15) is 0 Å². The number of anilines is 1. The molecule has 1 aromatic rings. The predicted octanol–water partition coefficient (Wildman–Crippen LogP) is 2.91. The lowest BCUT2D eigenvalue weighted by molar-refractivity contribution is 0.123. The van der Waals surface area contributed by atoms with E-state index in [-0.39, 0.29) is 0 Å². The van der Waals surface area contributed by atoms with Gasteiger partial charge in [0.25, 0.3) is 0 Å². The van der Waals surface area contributed by atoms with Gasteiger partial charge in [0.15, 0.2) is 0 Å². The molecule has 1 fully saturated rings. The van der Waals surface area contributed by atoms with Crippen LogP contribution >= 0.6 is 23.8 Å². The van der Waals surface area contributed by atoms with Crippen LogP contribution in [0.25, 0.3) is 0 Å². The number of hydrogen-bond donors (Lipinski definition) is 0. The highest BCUT2D eigenvalue weighted by atomic mass is 35.5. The summed E-state index contributed by atoms with van der Waals surface area (Å²) in [5.41, 5.74) is 1.80. The van der Waals surface area contributed by atoms with Gasteiger partial charge < -0.3 is 9.64 Å². The molecule has 0 amide bonds. The molecular formula is C11H11ClN2OS. The number of thiocarbonyl (C=S) groups is 1. The maximum absolute atomic E-state index is 5.93. The Bertz CT molecular complexity index is 426. The minimum absolute atomic E-state index is 0.654. The highest BCUT2D eigenvalue weighted by molar-refractivity contribution is 7.78. The van der Waals surface area contributed by atoms with E-state index in [9.17, 15) is 0 Å². The summed E-state index contributed by atoms with van der Waals surface area (Å²) in [5.74, 6) is 0. The quantitative estimate of drug-likeness (QED) is 0.599. The molecule has 0 N–H and O–H groups in total. The van der Waals surface area contributed by atoms with Crippen molar-refractivity contribution >= 4 is 40.4 Å². The molecule has 2 rings (SSSR count). The lowest BCUT2D eigenvalue weighted by Crippen LogP contribution is -2.36. The lowest BCUT2D eigenvalue weighted by atomic mass is 10.2. The molecule has 0 aliphatic carbocycles. The lowest BCUT2D eigenvalue weighted by Gasteiger charge is -2.29. The van der Waals surface area contributed by atoms with E-state index in [1.165, 1.54) is 0 Å². The minimum atomic E-state index is 0.654. The molecular weight excluding hydrogens is 244 g/mol. The van der Waals surface area contributed by atoms with Gasteiger partial charge in [-0.15, -0.1) is 0 Å². The van der Waals surface area contributed by atoms with Gasteiger partial charge >= 0.3 is 0 Å². The molecule has 1 aromatic carbocycles. The van der Waals surface area contributed by atoms with Crippen molar-refractivity contribution in [3.8, 4) is 0 Å². The van der Waals surface area contributed by atoms with Crippen LogP contribution in [0, 0.1) is 0 Å². The number of ether oxygens (including phenoxy) is 1. The monoisotopic (exact) mass is 254 g/mol. The molecule has 84 valence electrons. The van der Waals surface area contributed by atoms with Gasteiger partial charge in [-0.1, -0.05) is 11.6 Å². The first-order valence-electron chi connectivity index (χ1n) is 5.01. The van der Waals surface area contributed by atoms with Crippen LogP contribution in [-0.4, -0.2) is 31.5 Å². The molecule has 0 spiro atoms. The second-order valence-corrected chi connectivity index (χ2v) is 4.05. The van der Waals surface area contributed by atoms with Crippen molar-refractivity contribution < 1.29 is 4.74 Å². The van der Waals surface area contributed by atoms with Crippen LogP contribution in [-0.2, 0) is 4.74 Å². The van der Waals surface area contributed by atoms with Crippen LogP contribution in [0.2, 0.25) is 5.02 Å². The summed E-state index contributed by atoms with van der Waals surface area (Å²) in [4.78, 5) is 6.25. The smallest absolute Gasteiger partial charge is 0.0987 e. The van der Waals surface area contributed by atoms with Crippen molar-refractivity contribution in [2.45, 2.75) is 0 Å². The average Bonchev–Trinajstić information content (AvgIpc) is 2.31. The summed E-state index contributed by atoms with van der Waals surface area (Å²) in [6, 6.07) is 5.61. The number of benzene rings is 1. The fraction of sp³-hybridized carbons (Fsp3) is 0.364. The van der Waals surface area contributed by atoms with E-state index in [0.29, 0.717) is 5.02 Å². The Morgan fingerprint density at radius 3 is 2.81 bits per heavy atom. The summed E-state index contributed by atoms with van der Waals surface area (Å²) in [6.07, 6.45) is 0. The Balaban J connectivity index is 2.34. The maximum atomic E-state index is 5.93. The zero-order valence-electron chi connectivity index (χ0n) is 8.65. The molecule has 0 radical (unpaired) electrons. The van der Waals surface area contributed by atoms with Crippen LogP contribution in [0.1, 0.15) is 0 Å². The molecule has 5 heteroatoms. The molecule has 3 nitrogen and oxygen atoms in total. The van der Waals surface area contributed by atoms with Crippen molar-refractivity contribution in [1.82, 2.24) is 0 Å². The first-order valence-corrected chi connectivity index (χ1v) is 5.80. The fourth-order valence-corrected chi connectivity index (χ4v) is 1.97. The van der Waals surface area contributed by atoms with E-state index in [4.69, 9.17) is 16.3 Å². The van der Waals surface area contributed by atoms with Gasteiger partial charge in [-0.05, 0) is 30.4 Å². The highest BCUT2D eigenvalue weighted by Gasteiger charge is 2.14. The average molecular weight is 255 g/mol. The predicted molar refractivity (Wildman–Crippen MR) is 69.2 cm³/mol. The Morgan fingerprint density at radius 1 is 1.38 bits per heavy atom. The Morgan fingerprint density at radius 2 is 2.12 bits per heavy atom. The molecule has 0 unspecified atom stereocenters. The van der Waals surface area contributed by atoms with Crippen molar-refractivity contribution in [2.75, 3.05) is 31.2 Å². The summed E-state index contributed by atoms with van der Waals surface area (Å²) in [7, 11) is 0. The van der Waals surface area contributed by atoms with Gasteiger partial charge in [-0.3, -0.25) is 0 Å². The number of hydrogen-bond acceptors (Lipinski definition) is 4. The third kappa shape index (κ3) is 2.60. The molecule has 1 heterocycles. The summed E-state index contributed by atoms with van der Waals surface area (Å²) in [6.45, 7) is 3.20. The van der Waals surface area contributed by atoms with Gasteiger partial charge in [-0.2, -0.15) is 4.99 Å². The van der Waals surface area contributed by atoms with Crippen molar-refractivity contribution in [3.63, 3.8) is 0 Å². The van der Waals surface area contributed by atoms with E-state index >= 15 is 0 Å². The number of isothiocyanates is 1. The van der Waals surface area contributed by atoms with Crippen LogP contribution in [0.5, 0.6) is 0 Å². The molecule has 0 atom stereocenters. The van der Waals surface area contributed by atoms with E-state index in [2.05, 4.69) is 27.3 Å². The molecule has 0 aromatic heterocycles. The zero-order chi connectivity index (χ0) is 11.4. The third-order valence-corrected chi connectivity index (χ3v) is 2.78. The SMILES string of the molecule is S=C=Nc1cc(Cl)ccc1N1CCOCC1. The maximum Gasteiger partial charge on any atom is 0.0987 e. The van der Waals surface area contributed by atoms with Crippen LogP contribution in [0.3, 0.4) is 0 Å². The zero-order valence-corrected chi connectivity index (χ0v) is 10.2. The Labute approximate surface area is 105 Å². The van der Waals surface area contributed by atoms with Crippen molar-refractivity contribution in [3.05, 3.63) is 23.2 Å². The Kier molecular flexibility index (Phi) is 3.91. The number of halogens is 1. The van der Waals surface area contributed by atoms with Crippen LogP contribution in [0.15, 0.2) is 23.2 Å². The van der Waals surface area contributed by atoms with Gasteiger partial charge in [-0.25, -0.2) is 0 Å². The molecule has 1 aliphatic rings. The van der Waals surface area contributed by atoms with E-state index in [1.54, 1.807) is 6.07 Å². The molecule has 0 saturated carbocycles. The van der Waals surface area contributed by atoms with E-state index in [1.807, 2.05) is 12.1 Å².